The average molecular weight is 261 g/mol. The van der Waals surface area contributed by atoms with Gasteiger partial charge in [0, 0.05) is 12.0 Å². The molecule has 1 aliphatic rings. The van der Waals surface area contributed by atoms with Gasteiger partial charge in [-0.15, -0.1) is 11.3 Å². The Morgan fingerprint density at radius 3 is 2.94 bits per heavy atom. The van der Waals surface area contributed by atoms with Gasteiger partial charge in [-0.2, -0.15) is 0 Å². The highest BCUT2D eigenvalue weighted by Gasteiger charge is 2.23. The number of nitrogens with zero attached hydrogens (tertiary/aromatic N) is 1. The summed E-state index contributed by atoms with van der Waals surface area (Å²) >= 11 is 1.32. The first-order valence-corrected chi connectivity index (χ1v) is 6.77. The Balaban J connectivity index is 2.13. The highest BCUT2D eigenvalue weighted by Crippen LogP contribution is 2.34. The molecule has 1 aromatic heterocycles. The minimum Gasteiger partial charge on any atom is -0.293 e. The SMILES string of the molecule is Cc1cccc(-c2nc3c(s2)C(=O)CCC3)c1F. The van der Waals surface area contributed by atoms with Crippen LogP contribution in [0.2, 0.25) is 0 Å². The number of thiazole rings is 1. The first-order chi connectivity index (χ1) is 8.66. The number of Topliss-reactive ketones (excluding diaryl/α,β-unsaturated/α-hetero) is 1. The van der Waals surface area contributed by atoms with E-state index >= 15 is 0 Å². The number of rotatable bonds is 1. The fourth-order valence-corrected chi connectivity index (χ4v) is 3.29. The van der Waals surface area contributed by atoms with Crippen LogP contribution in [-0.4, -0.2) is 10.8 Å². The Morgan fingerprint density at radius 1 is 1.33 bits per heavy atom. The van der Waals surface area contributed by atoms with E-state index in [1.54, 1.807) is 19.1 Å². The second kappa shape index (κ2) is 4.28. The molecular formula is C14H12FNOS. The maximum atomic E-state index is 14.0. The number of hydrogen-bond donors (Lipinski definition) is 0. The van der Waals surface area contributed by atoms with Gasteiger partial charge in [-0.05, 0) is 31.4 Å². The second-order valence-corrected chi connectivity index (χ2v) is 5.51. The van der Waals surface area contributed by atoms with Gasteiger partial charge < -0.3 is 0 Å². The molecule has 0 spiro atoms. The van der Waals surface area contributed by atoms with Gasteiger partial charge in [0.1, 0.15) is 10.8 Å². The molecule has 1 aromatic carbocycles. The van der Waals surface area contributed by atoms with Crippen LogP contribution in [0.25, 0.3) is 10.6 Å². The Bertz CT molecular complexity index is 633. The predicted molar refractivity (Wildman–Crippen MR) is 69.5 cm³/mol. The van der Waals surface area contributed by atoms with Crippen molar-refractivity contribution in [1.29, 1.82) is 0 Å². The summed E-state index contributed by atoms with van der Waals surface area (Å²) in [5, 5.41) is 0.622. The number of benzene rings is 1. The van der Waals surface area contributed by atoms with E-state index in [2.05, 4.69) is 4.98 Å². The van der Waals surface area contributed by atoms with Gasteiger partial charge in [0.05, 0.1) is 10.6 Å². The van der Waals surface area contributed by atoms with Crippen molar-refractivity contribution in [2.45, 2.75) is 26.2 Å². The molecule has 0 atom stereocenters. The van der Waals surface area contributed by atoms with Gasteiger partial charge in [0.15, 0.2) is 5.78 Å². The van der Waals surface area contributed by atoms with E-state index in [1.807, 2.05) is 6.07 Å². The lowest BCUT2D eigenvalue weighted by molar-refractivity contribution is 0.0976. The smallest absolute Gasteiger partial charge is 0.174 e. The lowest BCUT2D eigenvalue weighted by atomic mass is 10.0. The Hall–Kier alpha value is -1.55. The lowest BCUT2D eigenvalue weighted by Gasteiger charge is -2.06. The number of halogens is 1. The van der Waals surface area contributed by atoms with Crippen molar-refractivity contribution < 1.29 is 9.18 Å². The molecule has 1 heterocycles. The van der Waals surface area contributed by atoms with Gasteiger partial charge >= 0.3 is 0 Å². The number of fused-ring (bicyclic) bond motifs is 1. The van der Waals surface area contributed by atoms with E-state index in [1.165, 1.54) is 11.3 Å². The molecule has 4 heteroatoms. The van der Waals surface area contributed by atoms with E-state index in [4.69, 9.17) is 0 Å². The maximum Gasteiger partial charge on any atom is 0.174 e. The Kier molecular flexibility index (Phi) is 2.74. The molecular weight excluding hydrogens is 249 g/mol. The van der Waals surface area contributed by atoms with Crippen molar-refractivity contribution >= 4 is 17.1 Å². The van der Waals surface area contributed by atoms with Crippen LogP contribution in [-0.2, 0) is 6.42 Å². The highest BCUT2D eigenvalue weighted by molar-refractivity contribution is 7.17. The topological polar surface area (TPSA) is 30.0 Å². The first-order valence-electron chi connectivity index (χ1n) is 5.95. The Morgan fingerprint density at radius 2 is 2.17 bits per heavy atom. The minimum atomic E-state index is -0.240. The summed E-state index contributed by atoms with van der Waals surface area (Å²) in [7, 11) is 0. The summed E-state index contributed by atoms with van der Waals surface area (Å²) < 4.78 is 14.0. The molecule has 0 amide bonds. The van der Waals surface area contributed by atoms with Crippen LogP contribution in [0.5, 0.6) is 0 Å². The molecule has 0 fully saturated rings. The van der Waals surface area contributed by atoms with Gasteiger partial charge in [-0.1, -0.05) is 12.1 Å². The summed E-state index contributed by atoms with van der Waals surface area (Å²) in [6.45, 7) is 1.73. The van der Waals surface area contributed by atoms with Crippen molar-refractivity contribution in [2.24, 2.45) is 0 Å². The third kappa shape index (κ3) is 1.77. The molecule has 0 aliphatic heterocycles. The van der Waals surface area contributed by atoms with Crippen LogP contribution < -0.4 is 0 Å². The number of aromatic nitrogens is 1. The van der Waals surface area contributed by atoms with Crippen molar-refractivity contribution in [3.63, 3.8) is 0 Å². The third-order valence-electron chi connectivity index (χ3n) is 3.19. The zero-order valence-electron chi connectivity index (χ0n) is 10.00. The van der Waals surface area contributed by atoms with Crippen LogP contribution in [0, 0.1) is 12.7 Å². The van der Waals surface area contributed by atoms with Crippen LogP contribution in [0.4, 0.5) is 4.39 Å². The zero-order valence-corrected chi connectivity index (χ0v) is 10.8. The van der Waals surface area contributed by atoms with Gasteiger partial charge in [-0.3, -0.25) is 4.79 Å². The lowest BCUT2D eigenvalue weighted by Crippen LogP contribution is -2.07. The molecule has 0 saturated heterocycles. The van der Waals surface area contributed by atoms with E-state index in [0.29, 0.717) is 22.6 Å². The molecule has 18 heavy (non-hydrogen) atoms. The number of ketones is 1. The van der Waals surface area contributed by atoms with E-state index < -0.39 is 0 Å². The summed E-state index contributed by atoms with van der Waals surface area (Å²) in [4.78, 5) is 16.9. The predicted octanol–water partition coefficient (Wildman–Crippen LogP) is 3.78. The summed E-state index contributed by atoms with van der Waals surface area (Å²) in [6.07, 6.45) is 2.27. The van der Waals surface area contributed by atoms with E-state index in [9.17, 15) is 9.18 Å². The molecule has 0 N–H and O–H groups in total. The summed E-state index contributed by atoms with van der Waals surface area (Å²) in [5.74, 6) is -0.0934. The number of hydrogen-bond acceptors (Lipinski definition) is 3. The van der Waals surface area contributed by atoms with E-state index in [0.717, 1.165) is 23.4 Å². The molecule has 1 aliphatic carbocycles. The van der Waals surface area contributed by atoms with Crippen molar-refractivity contribution in [3.05, 3.63) is 40.2 Å². The minimum absolute atomic E-state index is 0.146. The second-order valence-electron chi connectivity index (χ2n) is 4.51. The number of aryl methyl sites for hydroxylation is 2. The summed E-state index contributed by atoms with van der Waals surface area (Å²) in [6, 6.07) is 5.27. The fraction of sp³-hybridized carbons (Fsp3) is 0.286. The first kappa shape index (κ1) is 11.5. The molecule has 2 aromatic rings. The quantitative estimate of drug-likeness (QED) is 0.782. The van der Waals surface area contributed by atoms with Gasteiger partial charge in [0.25, 0.3) is 0 Å². The van der Waals surface area contributed by atoms with Gasteiger partial charge in [-0.25, -0.2) is 9.37 Å². The molecule has 0 radical (unpaired) electrons. The monoisotopic (exact) mass is 261 g/mol. The number of carbonyl (C=O) groups is 1. The molecule has 92 valence electrons. The van der Waals surface area contributed by atoms with Crippen molar-refractivity contribution in [2.75, 3.05) is 0 Å². The largest absolute Gasteiger partial charge is 0.293 e. The molecule has 0 unspecified atom stereocenters. The van der Waals surface area contributed by atoms with Crippen molar-refractivity contribution in [3.8, 4) is 10.6 Å². The van der Waals surface area contributed by atoms with E-state index in [-0.39, 0.29) is 11.6 Å². The maximum absolute atomic E-state index is 14.0. The van der Waals surface area contributed by atoms with Crippen LogP contribution in [0.3, 0.4) is 0 Å². The number of carbonyl (C=O) groups excluding carboxylic acids is 1. The van der Waals surface area contributed by atoms with Gasteiger partial charge in [0.2, 0.25) is 0 Å². The molecule has 0 bridgehead atoms. The molecule has 2 nitrogen and oxygen atoms in total. The highest BCUT2D eigenvalue weighted by atomic mass is 32.1. The van der Waals surface area contributed by atoms with Crippen LogP contribution >= 0.6 is 11.3 Å². The fourth-order valence-electron chi connectivity index (χ4n) is 2.20. The average Bonchev–Trinajstić information content (AvgIpc) is 2.78. The Labute approximate surface area is 108 Å². The standard InChI is InChI=1S/C14H12FNOS/c1-8-4-2-5-9(12(8)15)14-16-10-6-3-7-11(17)13(10)18-14/h2,4-5H,3,6-7H2,1H3. The molecule has 0 saturated carbocycles. The normalized spacial score (nSPS) is 14.7. The third-order valence-corrected chi connectivity index (χ3v) is 4.36. The zero-order chi connectivity index (χ0) is 12.7. The molecule has 3 rings (SSSR count). The van der Waals surface area contributed by atoms with Crippen molar-refractivity contribution in [1.82, 2.24) is 4.98 Å². The van der Waals surface area contributed by atoms with Crippen LogP contribution in [0.15, 0.2) is 18.2 Å². The van der Waals surface area contributed by atoms with Crippen LogP contribution in [0.1, 0.15) is 33.8 Å². The summed E-state index contributed by atoms with van der Waals surface area (Å²) in [5.41, 5.74) is 1.95.